The van der Waals surface area contributed by atoms with Crippen LogP contribution in [0, 0.1) is 11.3 Å². The number of nitrogens with zero attached hydrogens (tertiary/aromatic N) is 2. The van der Waals surface area contributed by atoms with Gasteiger partial charge < -0.3 is 19.9 Å². The Hall–Kier alpha value is -3.30. The average Bonchev–Trinajstić information content (AvgIpc) is 2.78. The van der Waals surface area contributed by atoms with Crippen LogP contribution in [0.25, 0.3) is 0 Å². The number of quaternary nitrogens is 1. The van der Waals surface area contributed by atoms with Crippen LogP contribution in [0.2, 0.25) is 0 Å². The fourth-order valence-corrected chi connectivity index (χ4v) is 3.37. The van der Waals surface area contributed by atoms with E-state index in [4.69, 9.17) is 4.74 Å². The van der Waals surface area contributed by atoms with E-state index < -0.39 is 0 Å². The van der Waals surface area contributed by atoms with E-state index in [1.807, 2.05) is 36.4 Å². The summed E-state index contributed by atoms with van der Waals surface area (Å²) in [5, 5.41) is 12.2. The van der Waals surface area contributed by atoms with E-state index in [-0.39, 0.29) is 11.5 Å². The molecule has 29 heavy (non-hydrogen) atoms. The molecule has 150 valence electrons. The summed E-state index contributed by atoms with van der Waals surface area (Å²) in [5.74, 6) is 0.425. The van der Waals surface area contributed by atoms with Gasteiger partial charge in [0.15, 0.2) is 0 Å². The molecule has 0 aliphatic carbocycles. The Morgan fingerprint density at radius 3 is 2.45 bits per heavy atom. The number of benzene rings is 2. The van der Waals surface area contributed by atoms with Gasteiger partial charge in [-0.2, -0.15) is 5.26 Å². The van der Waals surface area contributed by atoms with E-state index >= 15 is 0 Å². The largest absolute Gasteiger partial charge is 0.497 e. The maximum absolute atomic E-state index is 12.4. The molecule has 6 nitrogen and oxygen atoms in total. The molecule has 1 aliphatic rings. The van der Waals surface area contributed by atoms with Crippen molar-refractivity contribution >= 4 is 5.91 Å². The molecule has 2 aromatic carbocycles. The van der Waals surface area contributed by atoms with E-state index in [1.54, 1.807) is 13.3 Å². The third-order valence-electron chi connectivity index (χ3n) is 5.09. The van der Waals surface area contributed by atoms with Crippen LogP contribution >= 0.6 is 0 Å². The molecule has 3 rings (SSSR count). The predicted molar refractivity (Wildman–Crippen MR) is 111 cm³/mol. The van der Waals surface area contributed by atoms with Gasteiger partial charge in [0.05, 0.1) is 33.3 Å². The molecule has 1 saturated heterocycles. The first kappa shape index (κ1) is 20.4. The van der Waals surface area contributed by atoms with Crippen LogP contribution in [-0.4, -0.2) is 44.1 Å². The van der Waals surface area contributed by atoms with Crippen LogP contribution in [0.1, 0.15) is 11.1 Å². The maximum Gasteiger partial charge on any atom is 0.263 e. The summed E-state index contributed by atoms with van der Waals surface area (Å²) in [6, 6.07) is 20.0. The number of rotatable bonds is 7. The van der Waals surface area contributed by atoms with Gasteiger partial charge in [0, 0.05) is 18.3 Å². The van der Waals surface area contributed by atoms with E-state index in [9.17, 15) is 10.1 Å². The smallest absolute Gasteiger partial charge is 0.263 e. The zero-order valence-corrected chi connectivity index (χ0v) is 16.7. The van der Waals surface area contributed by atoms with Crippen molar-refractivity contribution in [2.24, 2.45) is 0 Å². The fourth-order valence-electron chi connectivity index (χ4n) is 3.37. The molecule has 0 bridgehead atoms. The van der Waals surface area contributed by atoms with Crippen LogP contribution < -0.4 is 15.0 Å². The number of piperazine rings is 1. The lowest BCUT2D eigenvalue weighted by molar-refractivity contribution is -0.917. The summed E-state index contributed by atoms with van der Waals surface area (Å²) in [5.41, 5.74) is 2.43. The predicted octanol–water partition coefficient (Wildman–Crippen LogP) is 1.12. The quantitative estimate of drug-likeness (QED) is 0.548. The highest BCUT2D eigenvalue weighted by atomic mass is 16.5. The number of ether oxygens (including phenoxy) is 1. The summed E-state index contributed by atoms with van der Waals surface area (Å²) >= 11 is 0. The molecule has 1 fully saturated rings. The van der Waals surface area contributed by atoms with Crippen molar-refractivity contribution in [3.05, 3.63) is 77.5 Å². The van der Waals surface area contributed by atoms with Gasteiger partial charge >= 0.3 is 0 Å². The molecule has 0 unspecified atom stereocenters. The second-order valence-electron chi connectivity index (χ2n) is 7.13. The summed E-state index contributed by atoms with van der Waals surface area (Å²) in [4.78, 5) is 16.0. The number of amides is 1. The van der Waals surface area contributed by atoms with Crippen LogP contribution in [0.15, 0.2) is 66.4 Å². The molecule has 2 aromatic rings. The Kier molecular flexibility index (Phi) is 7.26. The van der Waals surface area contributed by atoms with E-state index in [2.05, 4.69) is 34.5 Å². The summed E-state index contributed by atoms with van der Waals surface area (Å²) in [6.45, 7) is 5.01. The lowest BCUT2D eigenvalue weighted by Gasteiger charge is -2.31. The van der Waals surface area contributed by atoms with Crippen molar-refractivity contribution in [3.63, 3.8) is 0 Å². The second-order valence-corrected chi connectivity index (χ2v) is 7.13. The highest BCUT2D eigenvalue weighted by Gasteiger charge is 2.20. The Balaban J connectivity index is 1.49. The number of carbonyl (C=O) groups is 1. The van der Waals surface area contributed by atoms with Crippen molar-refractivity contribution in [2.75, 3.05) is 33.3 Å². The molecule has 0 atom stereocenters. The molecule has 0 spiro atoms. The third kappa shape index (κ3) is 6.09. The minimum absolute atomic E-state index is 0.144. The monoisotopic (exact) mass is 391 g/mol. The maximum atomic E-state index is 12.4. The number of hydrogen-bond donors (Lipinski definition) is 2. The summed E-state index contributed by atoms with van der Waals surface area (Å²) in [6.07, 6.45) is 1.70. The molecule has 0 saturated carbocycles. The minimum atomic E-state index is -0.345. The number of methoxy groups -OCH3 is 1. The fraction of sp³-hybridized carbons (Fsp3) is 0.304. The summed E-state index contributed by atoms with van der Waals surface area (Å²) in [7, 11) is 1.61. The van der Waals surface area contributed by atoms with Crippen molar-refractivity contribution in [2.45, 2.75) is 13.1 Å². The van der Waals surface area contributed by atoms with E-state index in [0.717, 1.165) is 44.0 Å². The average molecular weight is 391 g/mol. The first-order chi connectivity index (χ1) is 14.2. The third-order valence-corrected chi connectivity index (χ3v) is 5.09. The highest BCUT2D eigenvalue weighted by Crippen LogP contribution is 2.11. The lowest BCUT2D eigenvalue weighted by atomic mass is 10.2. The number of nitrogens with one attached hydrogen (secondary N) is 2. The molecular formula is C23H27N4O2+. The first-order valence-electron chi connectivity index (χ1n) is 9.82. The van der Waals surface area contributed by atoms with Gasteiger partial charge in [-0.15, -0.1) is 0 Å². The Morgan fingerprint density at radius 1 is 1.14 bits per heavy atom. The van der Waals surface area contributed by atoms with Gasteiger partial charge in [-0.05, 0) is 17.7 Å². The zero-order valence-electron chi connectivity index (χ0n) is 16.7. The van der Waals surface area contributed by atoms with Crippen LogP contribution in [0.3, 0.4) is 0 Å². The van der Waals surface area contributed by atoms with Gasteiger partial charge in [0.1, 0.15) is 23.9 Å². The van der Waals surface area contributed by atoms with E-state index in [0.29, 0.717) is 6.54 Å². The van der Waals surface area contributed by atoms with Gasteiger partial charge in [-0.25, -0.2) is 0 Å². The Bertz CT molecular complexity index is 864. The standard InChI is InChI=1S/C23H26N4O2/c1-29-22-9-7-19(8-10-22)16-25-23(28)21(15-24)18-27-13-11-26(12-14-27)17-20-5-3-2-4-6-20/h2-10,18H,11-14,16-17H2,1H3,(H,25,28)/p+1/b21-18+. The molecule has 0 radical (unpaired) electrons. The molecule has 1 heterocycles. The van der Waals surface area contributed by atoms with Crippen molar-refractivity contribution < 1.29 is 14.4 Å². The van der Waals surface area contributed by atoms with Gasteiger partial charge in [0.2, 0.25) is 0 Å². The second kappa shape index (κ2) is 10.3. The molecular weight excluding hydrogens is 364 g/mol. The van der Waals surface area contributed by atoms with Crippen LogP contribution in [0.4, 0.5) is 0 Å². The van der Waals surface area contributed by atoms with Gasteiger partial charge in [-0.1, -0.05) is 42.5 Å². The zero-order chi connectivity index (χ0) is 20.5. The molecule has 6 heteroatoms. The molecule has 2 N–H and O–H groups in total. The highest BCUT2D eigenvalue weighted by molar-refractivity contribution is 5.97. The number of carbonyl (C=O) groups excluding carboxylic acids is 1. The molecule has 1 aliphatic heterocycles. The normalized spacial score (nSPS) is 14.9. The van der Waals surface area contributed by atoms with Crippen LogP contribution in [-0.2, 0) is 17.9 Å². The topological polar surface area (TPSA) is 69.8 Å². The SMILES string of the molecule is COc1ccc(CNC(=O)/C(C#N)=C/N2CC[NH+](Cc3ccccc3)CC2)cc1. The minimum Gasteiger partial charge on any atom is -0.497 e. The number of nitriles is 1. The van der Waals surface area contributed by atoms with Crippen molar-refractivity contribution in [3.8, 4) is 11.8 Å². The van der Waals surface area contributed by atoms with Crippen LogP contribution in [0.5, 0.6) is 5.75 Å². The van der Waals surface area contributed by atoms with Gasteiger partial charge in [0.25, 0.3) is 5.91 Å². The number of hydrogen-bond acceptors (Lipinski definition) is 4. The lowest BCUT2D eigenvalue weighted by Crippen LogP contribution is -3.13. The summed E-state index contributed by atoms with van der Waals surface area (Å²) < 4.78 is 5.13. The van der Waals surface area contributed by atoms with Crippen molar-refractivity contribution in [1.82, 2.24) is 10.2 Å². The first-order valence-corrected chi connectivity index (χ1v) is 9.82. The van der Waals surface area contributed by atoms with E-state index in [1.165, 1.54) is 10.5 Å². The molecule has 1 amide bonds. The molecule has 0 aromatic heterocycles. The van der Waals surface area contributed by atoms with Crippen molar-refractivity contribution in [1.29, 1.82) is 5.26 Å². The Labute approximate surface area is 172 Å². The van der Waals surface area contributed by atoms with Gasteiger partial charge in [-0.3, -0.25) is 4.79 Å². The Morgan fingerprint density at radius 2 is 1.83 bits per heavy atom.